The van der Waals surface area contributed by atoms with E-state index < -0.39 is 0 Å². The number of rotatable bonds is 4. The second kappa shape index (κ2) is 6.41. The summed E-state index contributed by atoms with van der Waals surface area (Å²) in [7, 11) is 0. The number of hydrogen-bond acceptors (Lipinski definition) is 3. The summed E-state index contributed by atoms with van der Waals surface area (Å²) in [4.78, 5) is 2.36. The highest BCUT2D eigenvalue weighted by atomic mass is 35.5. The highest BCUT2D eigenvalue weighted by molar-refractivity contribution is 7.99. The molecule has 0 heterocycles. The maximum atomic E-state index is 5.92. The van der Waals surface area contributed by atoms with E-state index in [-0.39, 0.29) is 0 Å². The Balaban J connectivity index is 2.02. The number of nitrogen functional groups attached to an aromatic ring is 1. The molecule has 18 heavy (non-hydrogen) atoms. The minimum Gasteiger partial charge on any atom is -0.398 e. The third-order valence-electron chi connectivity index (χ3n) is 2.53. The van der Waals surface area contributed by atoms with Gasteiger partial charge in [0.15, 0.2) is 0 Å². The van der Waals surface area contributed by atoms with E-state index in [1.165, 1.54) is 10.5 Å². The molecule has 0 fully saturated rings. The highest BCUT2D eigenvalue weighted by Crippen LogP contribution is 2.30. The minimum absolute atomic E-state index is 0.682. The molecule has 0 bridgehead atoms. The third-order valence-corrected chi connectivity index (χ3v) is 4.66. The van der Waals surface area contributed by atoms with Gasteiger partial charge in [-0.1, -0.05) is 23.7 Å². The van der Waals surface area contributed by atoms with Gasteiger partial charge in [-0.2, -0.15) is 0 Å². The van der Waals surface area contributed by atoms with Crippen LogP contribution in [0.15, 0.2) is 52.3 Å². The predicted octanol–water partition coefficient (Wildman–Crippen LogP) is 4.94. The minimum atomic E-state index is 0.682. The van der Waals surface area contributed by atoms with Crippen molar-refractivity contribution >= 4 is 40.8 Å². The van der Waals surface area contributed by atoms with Crippen molar-refractivity contribution in [3.05, 3.63) is 53.1 Å². The molecule has 4 heteroatoms. The van der Waals surface area contributed by atoms with Gasteiger partial charge >= 0.3 is 0 Å². The summed E-state index contributed by atoms with van der Waals surface area (Å²) in [6.45, 7) is 0. The number of halogens is 1. The first-order valence-corrected chi connectivity index (χ1v) is 8.08. The molecule has 0 radical (unpaired) electrons. The number of hydrogen-bond donors (Lipinski definition) is 1. The lowest BCUT2D eigenvalue weighted by atomic mass is 10.2. The van der Waals surface area contributed by atoms with Gasteiger partial charge < -0.3 is 5.73 Å². The zero-order chi connectivity index (χ0) is 13.0. The molecule has 0 amide bonds. The molecule has 0 aromatic heterocycles. The molecule has 0 unspecified atom stereocenters. The van der Waals surface area contributed by atoms with Crippen molar-refractivity contribution in [3.8, 4) is 0 Å². The fraction of sp³-hybridized carbons (Fsp3) is 0.143. The van der Waals surface area contributed by atoms with Gasteiger partial charge in [0, 0.05) is 26.3 Å². The van der Waals surface area contributed by atoms with Gasteiger partial charge in [-0.25, -0.2) is 0 Å². The van der Waals surface area contributed by atoms with E-state index in [0.29, 0.717) is 5.02 Å². The van der Waals surface area contributed by atoms with Crippen LogP contribution in [-0.2, 0) is 5.75 Å². The van der Waals surface area contributed by atoms with Crippen molar-refractivity contribution in [2.45, 2.75) is 15.5 Å². The van der Waals surface area contributed by atoms with Crippen molar-refractivity contribution in [2.24, 2.45) is 0 Å². The average Bonchev–Trinajstić information content (AvgIpc) is 2.38. The Morgan fingerprint density at radius 2 is 1.83 bits per heavy atom. The predicted molar refractivity (Wildman–Crippen MR) is 83.6 cm³/mol. The van der Waals surface area contributed by atoms with Crippen molar-refractivity contribution in [2.75, 3.05) is 12.0 Å². The zero-order valence-electron chi connectivity index (χ0n) is 10.0. The van der Waals surface area contributed by atoms with E-state index in [9.17, 15) is 0 Å². The molecule has 0 saturated carbocycles. The Hall–Kier alpha value is -0.770. The molecular formula is C14H14ClNS2. The molecule has 0 aliphatic rings. The fourth-order valence-corrected chi connectivity index (χ4v) is 3.03. The first kappa shape index (κ1) is 13.7. The lowest BCUT2D eigenvalue weighted by molar-refractivity contribution is 1.34. The van der Waals surface area contributed by atoms with E-state index in [1.54, 1.807) is 29.6 Å². The largest absolute Gasteiger partial charge is 0.398 e. The summed E-state index contributed by atoms with van der Waals surface area (Å²) < 4.78 is 0. The quantitative estimate of drug-likeness (QED) is 0.639. The van der Waals surface area contributed by atoms with Crippen LogP contribution < -0.4 is 5.73 Å². The molecule has 2 aromatic carbocycles. The van der Waals surface area contributed by atoms with Crippen LogP contribution in [0.25, 0.3) is 0 Å². The van der Waals surface area contributed by atoms with E-state index in [0.717, 1.165) is 16.3 Å². The number of benzene rings is 2. The Kier molecular flexibility index (Phi) is 4.87. The molecule has 0 aliphatic heterocycles. The summed E-state index contributed by atoms with van der Waals surface area (Å²) >= 11 is 9.36. The highest BCUT2D eigenvalue weighted by Gasteiger charge is 2.02. The maximum Gasteiger partial charge on any atom is 0.0467 e. The topological polar surface area (TPSA) is 26.0 Å². The van der Waals surface area contributed by atoms with Crippen molar-refractivity contribution < 1.29 is 0 Å². The van der Waals surface area contributed by atoms with Crippen LogP contribution in [0.1, 0.15) is 5.56 Å². The lowest BCUT2D eigenvalue weighted by Gasteiger charge is -2.06. The van der Waals surface area contributed by atoms with Crippen molar-refractivity contribution in [1.82, 2.24) is 0 Å². The van der Waals surface area contributed by atoms with E-state index in [2.05, 4.69) is 30.5 Å². The van der Waals surface area contributed by atoms with Crippen LogP contribution in [0.4, 0.5) is 5.69 Å². The number of thioether (sulfide) groups is 2. The summed E-state index contributed by atoms with van der Waals surface area (Å²) in [5.74, 6) is 0.917. The third kappa shape index (κ3) is 3.61. The van der Waals surface area contributed by atoms with Gasteiger partial charge in [0.2, 0.25) is 0 Å². The van der Waals surface area contributed by atoms with Crippen LogP contribution in [0.2, 0.25) is 5.02 Å². The average molecular weight is 296 g/mol. The Morgan fingerprint density at radius 3 is 2.44 bits per heavy atom. The molecule has 2 N–H and O–H groups in total. The van der Waals surface area contributed by atoms with Gasteiger partial charge in [-0.3, -0.25) is 0 Å². The van der Waals surface area contributed by atoms with Crippen LogP contribution >= 0.6 is 35.1 Å². The monoisotopic (exact) mass is 295 g/mol. The first-order valence-electron chi connectivity index (χ1n) is 5.50. The molecule has 94 valence electrons. The second-order valence-corrected chi connectivity index (χ2v) is 6.15. The van der Waals surface area contributed by atoms with E-state index in [4.69, 9.17) is 17.3 Å². The summed E-state index contributed by atoms with van der Waals surface area (Å²) in [5, 5.41) is 0.682. The Labute approximate surface area is 121 Å². The van der Waals surface area contributed by atoms with E-state index in [1.807, 2.05) is 12.1 Å². The van der Waals surface area contributed by atoms with Gasteiger partial charge in [0.1, 0.15) is 0 Å². The molecule has 0 spiro atoms. The van der Waals surface area contributed by atoms with Gasteiger partial charge in [-0.15, -0.1) is 23.5 Å². The van der Waals surface area contributed by atoms with Crippen LogP contribution in [-0.4, -0.2) is 6.26 Å². The molecular weight excluding hydrogens is 282 g/mol. The maximum absolute atomic E-state index is 5.92. The van der Waals surface area contributed by atoms with Crippen LogP contribution in [0.5, 0.6) is 0 Å². The number of anilines is 1. The number of nitrogens with two attached hydrogens (primary N) is 1. The Morgan fingerprint density at radius 1 is 1.11 bits per heavy atom. The molecule has 1 nitrogen and oxygen atoms in total. The Bertz CT molecular complexity index is 526. The fourth-order valence-electron chi connectivity index (χ4n) is 1.53. The van der Waals surface area contributed by atoms with Crippen molar-refractivity contribution in [3.63, 3.8) is 0 Å². The van der Waals surface area contributed by atoms with E-state index >= 15 is 0 Å². The lowest BCUT2D eigenvalue weighted by Crippen LogP contribution is -1.89. The second-order valence-electron chi connectivity index (χ2n) is 3.82. The zero-order valence-corrected chi connectivity index (χ0v) is 12.4. The van der Waals surface area contributed by atoms with Crippen LogP contribution in [0.3, 0.4) is 0 Å². The summed E-state index contributed by atoms with van der Waals surface area (Å²) in [5.41, 5.74) is 7.96. The van der Waals surface area contributed by atoms with Crippen LogP contribution in [0, 0.1) is 0 Å². The molecule has 2 rings (SSSR count). The van der Waals surface area contributed by atoms with Gasteiger partial charge in [0.25, 0.3) is 0 Å². The molecule has 2 aromatic rings. The molecule has 0 saturated heterocycles. The summed E-state index contributed by atoms with van der Waals surface area (Å²) in [6, 6.07) is 14.2. The SMILES string of the molecule is CSc1ccc(CSc2ccc(Cl)cc2N)cc1. The molecule has 0 aliphatic carbocycles. The van der Waals surface area contributed by atoms with Gasteiger partial charge in [-0.05, 0) is 42.2 Å². The summed E-state index contributed by atoms with van der Waals surface area (Å²) in [6.07, 6.45) is 2.08. The van der Waals surface area contributed by atoms with Gasteiger partial charge in [0.05, 0.1) is 0 Å². The first-order chi connectivity index (χ1) is 8.69. The van der Waals surface area contributed by atoms with Crippen molar-refractivity contribution in [1.29, 1.82) is 0 Å². The molecule has 0 atom stereocenters. The smallest absolute Gasteiger partial charge is 0.0467 e. The standard InChI is InChI=1S/C14H14ClNS2/c1-17-12-5-2-10(3-6-12)9-18-14-7-4-11(15)8-13(14)16/h2-8H,9,16H2,1H3. The normalized spacial score (nSPS) is 10.6.